The molecule has 3 N–H and O–H groups in total. The van der Waals surface area contributed by atoms with Crippen LogP contribution < -0.4 is 5.32 Å². The van der Waals surface area contributed by atoms with E-state index in [-0.39, 0.29) is 30.7 Å². The van der Waals surface area contributed by atoms with Crippen LogP contribution in [0.25, 0.3) is 0 Å². The summed E-state index contributed by atoms with van der Waals surface area (Å²) in [6.45, 7) is 1.62. The second kappa shape index (κ2) is 5.36. The first-order chi connectivity index (χ1) is 7.13. The standard InChI is InChI=1S/C11H15NO3/c1-8(7-13)12-11(15)6-9-4-2-3-5-10(9)14/h2-5,8,13-14H,6-7H2,1H3,(H,12,15). The number of para-hydroxylation sites is 1. The molecule has 82 valence electrons. The summed E-state index contributed by atoms with van der Waals surface area (Å²) in [5.41, 5.74) is 0.583. The number of hydrogen-bond acceptors (Lipinski definition) is 3. The van der Waals surface area contributed by atoms with Crippen molar-refractivity contribution in [2.24, 2.45) is 0 Å². The maximum Gasteiger partial charge on any atom is 0.224 e. The fourth-order valence-corrected chi connectivity index (χ4v) is 1.20. The number of aromatic hydroxyl groups is 1. The Morgan fingerprint density at radius 1 is 1.47 bits per heavy atom. The van der Waals surface area contributed by atoms with Gasteiger partial charge in [0.25, 0.3) is 0 Å². The molecule has 1 aromatic rings. The topological polar surface area (TPSA) is 69.6 Å². The van der Waals surface area contributed by atoms with E-state index in [1.54, 1.807) is 25.1 Å². The Morgan fingerprint density at radius 2 is 2.13 bits per heavy atom. The zero-order chi connectivity index (χ0) is 11.3. The molecule has 4 nitrogen and oxygen atoms in total. The van der Waals surface area contributed by atoms with Crippen molar-refractivity contribution < 1.29 is 15.0 Å². The van der Waals surface area contributed by atoms with Crippen LogP contribution in [0.2, 0.25) is 0 Å². The van der Waals surface area contributed by atoms with Gasteiger partial charge in [0.2, 0.25) is 5.91 Å². The molecular formula is C11H15NO3. The monoisotopic (exact) mass is 209 g/mol. The fourth-order valence-electron chi connectivity index (χ4n) is 1.20. The van der Waals surface area contributed by atoms with Crippen LogP contribution in [0.4, 0.5) is 0 Å². The highest BCUT2D eigenvalue weighted by atomic mass is 16.3. The first-order valence-corrected chi connectivity index (χ1v) is 4.80. The highest BCUT2D eigenvalue weighted by Crippen LogP contribution is 2.15. The quantitative estimate of drug-likeness (QED) is 0.673. The summed E-state index contributed by atoms with van der Waals surface area (Å²) in [4.78, 5) is 11.4. The average molecular weight is 209 g/mol. The Labute approximate surface area is 88.6 Å². The first-order valence-electron chi connectivity index (χ1n) is 4.80. The van der Waals surface area contributed by atoms with Gasteiger partial charge in [0.15, 0.2) is 0 Å². The Bertz CT molecular complexity index is 338. The second-order valence-corrected chi connectivity index (χ2v) is 3.46. The van der Waals surface area contributed by atoms with Crippen LogP contribution in [0, 0.1) is 0 Å². The van der Waals surface area contributed by atoms with Crippen molar-refractivity contribution in [2.75, 3.05) is 6.61 Å². The molecule has 0 aliphatic carbocycles. The summed E-state index contributed by atoms with van der Waals surface area (Å²) in [6, 6.07) is 6.44. The molecular weight excluding hydrogens is 194 g/mol. The van der Waals surface area contributed by atoms with E-state index in [0.717, 1.165) is 0 Å². The maximum atomic E-state index is 11.4. The van der Waals surface area contributed by atoms with Gasteiger partial charge in [0.05, 0.1) is 13.0 Å². The molecule has 1 atom stereocenters. The lowest BCUT2D eigenvalue weighted by Crippen LogP contribution is -2.35. The van der Waals surface area contributed by atoms with Crippen molar-refractivity contribution in [3.63, 3.8) is 0 Å². The molecule has 1 unspecified atom stereocenters. The molecule has 0 aliphatic heterocycles. The molecule has 4 heteroatoms. The molecule has 1 amide bonds. The molecule has 0 bridgehead atoms. The van der Waals surface area contributed by atoms with Gasteiger partial charge in [-0.15, -0.1) is 0 Å². The fraction of sp³-hybridized carbons (Fsp3) is 0.364. The van der Waals surface area contributed by atoms with Gasteiger partial charge in [-0.05, 0) is 13.0 Å². The Morgan fingerprint density at radius 3 is 2.73 bits per heavy atom. The predicted octanol–water partition coefficient (Wildman–Crippen LogP) is 0.432. The average Bonchev–Trinajstić information content (AvgIpc) is 2.21. The highest BCUT2D eigenvalue weighted by Gasteiger charge is 2.09. The van der Waals surface area contributed by atoms with Gasteiger partial charge in [-0.25, -0.2) is 0 Å². The normalized spacial score (nSPS) is 12.1. The van der Waals surface area contributed by atoms with E-state index < -0.39 is 0 Å². The summed E-state index contributed by atoms with van der Waals surface area (Å²) in [5, 5.41) is 20.8. The summed E-state index contributed by atoms with van der Waals surface area (Å²) in [6.07, 6.45) is 0.122. The predicted molar refractivity (Wildman–Crippen MR) is 56.5 cm³/mol. The van der Waals surface area contributed by atoms with Crippen molar-refractivity contribution in [2.45, 2.75) is 19.4 Å². The smallest absolute Gasteiger partial charge is 0.224 e. The van der Waals surface area contributed by atoms with E-state index in [0.29, 0.717) is 5.56 Å². The van der Waals surface area contributed by atoms with Crippen molar-refractivity contribution in [1.29, 1.82) is 0 Å². The minimum atomic E-state index is -0.261. The third-order valence-corrected chi connectivity index (χ3v) is 2.02. The number of hydrogen-bond donors (Lipinski definition) is 3. The van der Waals surface area contributed by atoms with Crippen LogP contribution in [-0.4, -0.2) is 28.8 Å². The van der Waals surface area contributed by atoms with Crippen LogP contribution in [0.3, 0.4) is 0 Å². The van der Waals surface area contributed by atoms with E-state index >= 15 is 0 Å². The molecule has 0 spiro atoms. The highest BCUT2D eigenvalue weighted by molar-refractivity contribution is 5.79. The number of amides is 1. The molecule has 0 saturated heterocycles. The first kappa shape index (κ1) is 11.5. The molecule has 1 rings (SSSR count). The van der Waals surface area contributed by atoms with E-state index in [9.17, 15) is 9.90 Å². The maximum absolute atomic E-state index is 11.4. The lowest BCUT2D eigenvalue weighted by Gasteiger charge is -2.11. The second-order valence-electron chi connectivity index (χ2n) is 3.46. The number of carbonyl (C=O) groups is 1. The van der Waals surface area contributed by atoms with Crippen LogP contribution in [0.5, 0.6) is 5.75 Å². The van der Waals surface area contributed by atoms with Crippen LogP contribution >= 0.6 is 0 Å². The number of rotatable bonds is 4. The SMILES string of the molecule is CC(CO)NC(=O)Cc1ccccc1O. The van der Waals surface area contributed by atoms with E-state index in [2.05, 4.69) is 5.32 Å². The summed E-state index contributed by atoms with van der Waals surface area (Å²) in [5.74, 6) is -0.0950. The third-order valence-electron chi connectivity index (χ3n) is 2.02. The van der Waals surface area contributed by atoms with Gasteiger partial charge in [0.1, 0.15) is 5.75 Å². The Balaban J connectivity index is 2.55. The summed E-state index contributed by atoms with van der Waals surface area (Å²) < 4.78 is 0. The lowest BCUT2D eigenvalue weighted by molar-refractivity contribution is -0.121. The molecule has 0 aromatic heterocycles. The minimum absolute atomic E-state index is 0.0908. The van der Waals surface area contributed by atoms with Crippen LogP contribution in [0.1, 0.15) is 12.5 Å². The van der Waals surface area contributed by atoms with Gasteiger partial charge in [-0.1, -0.05) is 18.2 Å². The van der Waals surface area contributed by atoms with Gasteiger partial charge in [0, 0.05) is 11.6 Å². The number of aliphatic hydroxyl groups excluding tert-OH is 1. The van der Waals surface area contributed by atoms with Gasteiger partial charge < -0.3 is 15.5 Å². The molecule has 0 saturated carbocycles. The van der Waals surface area contributed by atoms with Crippen molar-refractivity contribution in [3.05, 3.63) is 29.8 Å². The molecule has 0 aliphatic rings. The number of phenols is 1. The Kier molecular flexibility index (Phi) is 4.12. The summed E-state index contributed by atoms with van der Waals surface area (Å²) >= 11 is 0. The number of phenolic OH excluding ortho intramolecular Hbond substituents is 1. The van der Waals surface area contributed by atoms with Crippen LogP contribution in [-0.2, 0) is 11.2 Å². The zero-order valence-corrected chi connectivity index (χ0v) is 8.60. The lowest BCUT2D eigenvalue weighted by atomic mass is 10.1. The number of aliphatic hydroxyl groups is 1. The minimum Gasteiger partial charge on any atom is -0.508 e. The van der Waals surface area contributed by atoms with E-state index in [1.165, 1.54) is 6.07 Å². The van der Waals surface area contributed by atoms with E-state index in [4.69, 9.17) is 5.11 Å². The molecule has 0 heterocycles. The van der Waals surface area contributed by atoms with Crippen molar-refractivity contribution in [3.8, 4) is 5.75 Å². The number of benzene rings is 1. The van der Waals surface area contributed by atoms with Gasteiger partial charge in [-0.2, -0.15) is 0 Å². The van der Waals surface area contributed by atoms with Gasteiger partial charge >= 0.3 is 0 Å². The van der Waals surface area contributed by atoms with Crippen molar-refractivity contribution >= 4 is 5.91 Å². The molecule has 0 radical (unpaired) electrons. The number of nitrogens with one attached hydrogen (secondary N) is 1. The largest absolute Gasteiger partial charge is 0.508 e. The molecule has 15 heavy (non-hydrogen) atoms. The van der Waals surface area contributed by atoms with E-state index in [1.807, 2.05) is 0 Å². The molecule has 0 fully saturated rings. The van der Waals surface area contributed by atoms with Crippen molar-refractivity contribution in [1.82, 2.24) is 5.32 Å². The molecule has 1 aromatic carbocycles. The number of carbonyl (C=O) groups excluding carboxylic acids is 1. The summed E-state index contributed by atoms with van der Waals surface area (Å²) in [7, 11) is 0. The van der Waals surface area contributed by atoms with Gasteiger partial charge in [-0.3, -0.25) is 4.79 Å². The zero-order valence-electron chi connectivity index (χ0n) is 8.60. The third kappa shape index (κ3) is 3.59. The van der Waals surface area contributed by atoms with Crippen LogP contribution in [0.15, 0.2) is 24.3 Å². The Hall–Kier alpha value is -1.55.